The molecule has 20 heteroatoms. The van der Waals surface area contributed by atoms with Gasteiger partial charge < -0.3 is 57.5 Å². The summed E-state index contributed by atoms with van der Waals surface area (Å²) in [5.41, 5.74) is 0. The first-order valence-electron chi connectivity index (χ1n) is 21.5. The highest BCUT2D eigenvalue weighted by Crippen LogP contribution is 2.08. The fourth-order valence-corrected chi connectivity index (χ4v) is 5.99. The zero-order valence-corrected chi connectivity index (χ0v) is 36.1. The minimum Gasteiger partial charge on any atom is -0.466 e. The molecule has 2 rings (SSSR count). The van der Waals surface area contributed by atoms with E-state index in [1.54, 1.807) is 0 Å². The van der Waals surface area contributed by atoms with Crippen molar-refractivity contribution in [3.8, 4) is 0 Å². The molecular formula is C42H66N4O16. The van der Waals surface area contributed by atoms with Crippen molar-refractivity contribution >= 4 is 48.0 Å². The maximum Gasteiger partial charge on any atom is 0.410 e. The quantitative estimate of drug-likeness (QED) is 0.0379. The van der Waals surface area contributed by atoms with Gasteiger partial charge in [-0.1, -0.05) is 13.2 Å². The maximum absolute atomic E-state index is 12.7. The molecule has 2 aliphatic rings. The van der Waals surface area contributed by atoms with Crippen molar-refractivity contribution in [2.45, 2.75) is 77.0 Å². The Hall–Kier alpha value is -5.24. The zero-order valence-electron chi connectivity index (χ0n) is 36.1. The molecular weight excluding hydrogens is 816 g/mol. The lowest BCUT2D eigenvalue weighted by Gasteiger charge is -2.27. The SMILES string of the molecule is C=CC(=O)OCCCCCCOC(=O)CCN(CCC(=O)OCCN1CCOC1=O)CCN(CCC(=O)OCCCCCCOC(=O)C=C)CCC(=O)OCCN1CCOC1=O. The normalized spacial score (nSPS) is 13.4. The Kier molecular flexibility index (Phi) is 28.5. The molecule has 0 N–H and O–H groups in total. The van der Waals surface area contributed by atoms with Crippen molar-refractivity contribution in [1.82, 2.24) is 19.6 Å². The molecule has 350 valence electrons. The van der Waals surface area contributed by atoms with Crippen molar-refractivity contribution in [3.63, 3.8) is 0 Å². The highest BCUT2D eigenvalue weighted by Gasteiger charge is 2.23. The van der Waals surface area contributed by atoms with Gasteiger partial charge in [0, 0.05) is 51.4 Å². The van der Waals surface area contributed by atoms with Gasteiger partial charge in [-0.05, 0) is 51.4 Å². The summed E-state index contributed by atoms with van der Waals surface area (Å²) < 4.78 is 41.3. The number of esters is 6. The Morgan fingerprint density at radius 1 is 0.468 bits per heavy atom. The summed E-state index contributed by atoms with van der Waals surface area (Å²) in [6.45, 7) is 11.3. The molecule has 0 radical (unpaired) electrons. The predicted octanol–water partition coefficient (Wildman–Crippen LogP) is 2.81. The smallest absolute Gasteiger partial charge is 0.410 e. The molecule has 0 saturated carbocycles. The summed E-state index contributed by atoms with van der Waals surface area (Å²) in [4.78, 5) is 103. The largest absolute Gasteiger partial charge is 0.466 e. The number of carbonyl (C=O) groups excluding carboxylic acids is 8. The standard InChI is InChI=1S/C42H66N4O16/c1-3-35(47)55-27-9-5-7-11-29-57-37(49)13-17-43(19-15-39(51)59-31-23-45-25-33-61-41(45)53)21-22-44(20-16-40(52)60-32-24-46-26-34-62-42(46)54)18-14-38(50)58-30-12-8-6-10-28-56-36(48)4-2/h3-4H,1-2,5-34H2. The summed E-state index contributed by atoms with van der Waals surface area (Å²) in [5, 5.41) is 0. The van der Waals surface area contributed by atoms with Gasteiger partial charge in [-0.25, -0.2) is 19.2 Å². The molecule has 0 aliphatic carbocycles. The van der Waals surface area contributed by atoms with Gasteiger partial charge in [-0.2, -0.15) is 0 Å². The molecule has 2 fully saturated rings. The van der Waals surface area contributed by atoms with Gasteiger partial charge in [0.05, 0.1) is 78.3 Å². The molecule has 0 aromatic carbocycles. The van der Waals surface area contributed by atoms with E-state index >= 15 is 0 Å². The monoisotopic (exact) mass is 882 g/mol. The van der Waals surface area contributed by atoms with Crippen LogP contribution in [0.2, 0.25) is 0 Å². The Bertz CT molecular complexity index is 1320. The molecule has 62 heavy (non-hydrogen) atoms. The molecule has 2 saturated heterocycles. The number of cyclic esters (lactones) is 2. The van der Waals surface area contributed by atoms with Crippen LogP contribution < -0.4 is 0 Å². The Morgan fingerprint density at radius 3 is 1.06 bits per heavy atom. The number of unbranched alkanes of at least 4 members (excludes halogenated alkanes) is 6. The molecule has 0 spiro atoms. The lowest BCUT2D eigenvalue weighted by molar-refractivity contribution is -0.146. The second-order valence-electron chi connectivity index (χ2n) is 14.3. The first kappa shape index (κ1) is 52.9. The van der Waals surface area contributed by atoms with Crippen LogP contribution in [-0.4, -0.2) is 186 Å². The highest BCUT2D eigenvalue weighted by molar-refractivity contribution is 5.81. The van der Waals surface area contributed by atoms with Crippen LogP contribution >= 0.6 is 0 Å². The topological polar surface area (TPSA) is 223 Å². The second-order valence-corrected chi connectivity index (χ2v) is 14.3. The fourth-order valence-electron chi connectivity index (χ4n) is 5.99. The van der Waals surface area contributed by atoms with E-state index in [2.05, 4.69) is 13.2 Å². The van der Waals surface area contributed by atoms with Crippen LogP contribution in [0.5, 0.6) is 0 Å². The zero-order chi connectivity index (χ0) is 45.2. The van der Waals surface area contributed by atoms with Crippen LogP contribution in [0.1, 0.15) is 77.0 Å². The third-order valence-corrected chi connectivity index (χ3v) is 9.62. The number of amides is 2. The summed E-state index contributed by atoms with van der Waals surface area (Å²) in [7, 11) is 0. The van der Waals surface area contributed by atoms with Crippen LogP contribution in [0.15, 0.2) is 25.3 Å². The van der Waals surface area contributed by atoms with Crippen LogP contribution in [0.4, 0.5) is 9.59 Å². The van der Waals surface area contributed by atoms with Crippen molar-refractivity contribution in [3.05, 3.63) is 25.3 Å². The van der Waals surface area contributed by atoms with Crippen molar-refractivity contribution in [2.24, 2.45) is 0 Å². The van der Waals surface area contributed by atoms with Crippen LogP contribution in [0.3, 0.4) is 0 Å². The van der Waals surface area contributed by atoms with E-state index < -0.39 is 48.0 Å². The third-order valence-electron chi connectivity index (χ3n) is 9.62. The molecule has 2 amide bonds. The summed E-state index contributed by atoms with van der Waals surface area (Å²) in [6, 6.07) is 0. The van der Waals surface area contributed by atoms with Crippen LogP contribution in [0.25, 0.3) is 0 Å². The van der Waals surface area contributed by atoms with E-state index in [1.807, 2.05) is 9.80 Å². The van der Waals surface area contributed by atoms with Crippen molar-refractivity contribution < 1.29 is 76.3 Å². The first-order chi connectivity index (χ1) is 30.0. The number of rotatable bonds is 37. The summed E-state index contributed by atoms with van der Waals surface area (Å²) in [6.07, 6.45) is 7.24. The van der Waals surface area contributed by atoms with E-state index in [0.717, 1.165) is 37.8 Å². The number of carbonyl (C=O) groups is 8. The number of hydrogen-bond donors (Lipinski definition) is 0. The fraction of sp³-hybridized carbons (Fsp3) is 0.714. The van der Waals surface area contributed by atoms with Gasteiger partial charge in [0.2, 0.25) is 0 Å². The molecule has 0 atom stereocenters. The molecule has 0 aromatic rings. The first-order valence-corrected chi connectivity index (χ1v) is 21.5. The summed E-state index contributed by atoms with van der Waals surface area (Å²) in [5.74, 6) is -2.71. The van der Waals surface area contributed by atoms with Gasteiger partial charge in [0.15, 0.2) is 0 Å². The molecule has 2 heterocycles. The minimum absolute atomic E-state index is 0.00475. The lowest BCUT2D eigenvalue weighted by Crippen LogP contribution is -2.39. The average molecular weight is 883 g/mol. The molecule has 2 aliphatic heterocycles. The van der Waals surface area contributed by atoms with Crippen molar-refractivity contribution in [2.75, 3.05) is 118 Å². The van der Waals surface area contributed by atoms with Crippen LogP contribution in [0, 0.1) is 0 Å². The number of hydrogen-bond acceptors (Lipinski definition) is 18. The molecule has 0 bridgehead atoms. The predicted molar refractivity (Wildman–Crippen MR) is 220 cm³/mol. The molecule has 20 nitrogen and oxygen atoms in total. The van der Waals surface area contributed by atoms with Gasteiger partial charge >= 0.3 is 48.0 Å². The number of nitrogens with zero attached hydrogens (tertiary/aromatic N) is 4. The van der Waals surface area contributed by atoms with Crippen LogP contribution in [-0.2, 0) is 66.7 Å². The van der Waals surface area contributed by atoms with E-state index in [1.165, 1.54) is 9.80 Å². The highest BCUT2D eigenvalue weighted by atomic mass is 16.6. The van der Waals surface area contributed by atoms with Gasteiger partial charge in [0.25, 0.3) is 0 Å². The molecule has 0 aromatic heterocycles. The Balaban J connectivity index is 1.91. The van der Waals surface area contributed by atoms with Gasteiger partial charge in [-0.15, -0.1) is 0 Å². The number of ether oxygens (including phenoxy) is 8. The Morgan fingerprint density at radius 2 is 0.774 bits per heavy atom. The van der Waals surface area contributed by atoms with E-state index in [0.29, 0.717) is 65.1 Å². The van der Waals surface area contributed by atoms with E-state index in [-0.39, 0.29) is 105 Å². The van der Waals surface area contributed by atoms with Gasteiger partial charge in [-0.3, -0.25) is 19.2 Å². The third kappa shape index (κ3) is 26.2. The Labute approximate surface area is 364 Å². The summed E-state index contributed by atoms with van der Waals surface area (Å²) >= 11 is 0. The minimum atomic E-state index is -0.481. The van der Waals surface area contributed by atoms with E-state index in [9.17, 15) is 38.4 Å². The lowest BCUT2D eigenvalue weighted by atomic mass is 10.2. The van der Waals surface area contributed by atoms with E-state index in [4.69, 9.17) is 37.9 Å². The second kappa shape index (κ2) is 33.4. The average Bonchev–Trinajstić information content (AvgIpc) is 3.88. The maximum atomic E-state index is 12.7. The van der Waals surface area contributed by atoms with Gasteiger partial charge in [0.1, 0.15) is 26.4 Å². The molecule has 0 unspecified atom stereocenters. The van der Waals surface area contributed by atoms with Crippen molar-refractivity contribution in [1.29, 1.82) is 0 Å².